The number of ether oxygens (including phenoxy) is 1. The first-order valence-electron chi connectivity index (χ1n) is 8.65. The van der Waals surface area contributed by atoms with Gasteiger partial charge in [0.2, 0.25) is 0 Å². The zero-order chi connectivity index (χ0) is 18.0. The van der Waals surface area contributed by atoms with E-state index >= 15 is 0 Å². The number of aromatic nitrogens is 2. The third-order valence-corrected chi connectivity index (χ3v) is 4.36. The smallest absolute Gasteiger partial charge is 0.258 e. The van der Waals surface area contributed by atoms with Gasteiger partial charge in [0.05, 0.1) is 30.5 Å². The lowest BCUT2D eigenvalue weighted by atomic mass is 10.1. The SMILES string of the molecule is CC1COCCN1c1ccc(NC(=O)c2cnn(C(C)(C)C)c2)cc1. The quantitative estimate of drug-likeness (QED) is 0.931. The molecular weight excluding hydrogens is 316 g/mol. The average Bonchev–Trinajstić information content (AvgIpc) is 3.07. The maximum absolute atomic E-state index is 12.4. The molecular formula is C19H26N4O2. The van der Waals surface area contributed by atoms with Crippen LogP contribution in [-0.4, -0.2) is 41.5 Å². The highest BCUT2D eigenvalue weighted by molar-refractivity contribution is 6.04. The summed E-state index contributed by atoms with van der Waals surface area (Å²) in [7, 11) is 0. The lowest BCUT2D eigenvalue weighted by Crippen LogP contribution is -2.43. The van der Waals surface area contributed by atoms with Gasteiger partial charge < -0.3 is 15.0 Å². The van der Waals surface area contributed by atoms with E-state index in [-0.39, 0.29) is 11.4 Å². The fourth-order valence-corrected chi connectivity index (χ4v) is 2.86. The Bertz CT molecular complexity index is 731. The number of nitrogens with zero attached hydrogens (tertiary/aromatic N) is 3. The summed E-state index contributed by atoms with van der Waals surface area (Å²) in [6.45, 7) is 10.7. The molecule has 1 aromatic carbocycles. The van der Waals surface area contributed by atoms with Gasteiger partial charge in [-0.3, -0.25) is 9.48 Å². The highest BCUT2D eigenvalue weighted by atomic mass is 16.5. The van der Waals surface area contributed by atoms with Gasteiger partial charge in [0.25, 0.3) is 5.91 Å². The van der Waals surface area contributed by atoms with E-state index in [1.807, 2.05) is 45.0 Å². The minimum atomic E-state index is -0.150. The van der Waals surface area contributed by atoms with Crippen molar-refractivity contribution < 1.29 is 9.53 Å². The summed E-state index contributed by atoms with van der Waals surface area (Å²) < 4.78 is 7.27. The number of morpholine rings is 1. The molecule has 1 saturated heterocycles. The van der Waals surface area contributed by atoms with Crippen molar-refractivity contribution in [2.45, 2.75) is 39.3 Å². The highest BCUT2D eigenvalue weighted by Gasteiger charge is 2.19. The van der Waals surface area contributed by atoms with Crippen LogP contribution in [0.25, 0.3) is 0 Å². The second-order valence-corrected chi connectivity index (χ2v) is 7.46. The Balaban J connectivity index is 1.67. The van der Waals surface area contributed by atoms with Gasteiger partial charge >= 0.3 is 0 Å². The molecule has 3 rings (SSSR count). The summed E-state index contributed by atoms with van der Waals surface area (Å²) in [6.07, 6.45) is 3.38. The van der Waals surface area contributed by atoms with Crippen molar-refractivity contribution in [1.29, 1.82) is 0 Å². The van der Waals surface area contributed by atoms with E-state index in [0.29, 0.717) is 11.6 Å². The number of rotatable bonds is 3. The molecule has 6 heteroatoms. The number of benzene rings is 1. The van der Waals surface area contributed by atoms with E-state index in [1.165, 1.54) is 0 Å². The topological polar surface area (TPSA) is 59.4 Å². The second kappa shape index (κ2) is 6.88. The zero-order valence-electron chi connectivity index (χ0n) is 15.3. The zero-order valence-corrected chi connectivity index (χ0v) is 15.3. The standard InChI is InChI=1S/C19H26N4O2/c1-14-13-25-10-9-22(14)17-7-5-16(6-8-17)21-18(24)15-11-20-23(12-15)19(2,3)4/h5-8,11-12,14H,9-10,13H2,1-4H3,(H,21,24). The van der Waals surface area contributed by atoms with Gasteiger partial charge in [0.1, 0.15) is 0 Å². The van der Waals surface area contributed by atoms with Gasteiger partial charge in [0, 0.05) is 30.2 Å². The molecule has 0 aliphatic carbocycles. The van der Waals surface area contributed by atoms with Crippen LogP contribution in [0.15, 0.2) is 36.7 Å². The molecule has 1 amide bonds. The molecule has 1 aliphatic heterocycles. The van der Waals surface area contributed by atoms with Gasteiger partial charge in [0.15, 0.2) is 0 Å². The lowest BCUT2D eigenvalue weighted by Gasteiger charge is -2.35. The van der Waals surface area contributed by atoms with E-state index in [2.05, 4.69) is 22.2 Å². The number of carbonyl (C=O) groups is 1. The molecule has 2 aromatic rings. The van der Waals surface area contributed by atoms with Gasteiger partial charge in [-0.2, -0.15) is 5.10 Å². The minimum absolute atomic E-state index is 0.144. The van der Waals surface area contributed by atoms with Crippen molar-refractivity contribution in [3.63, 3.8) is 0 Å². The number of hydrogen-bond acceptors (Lipinski definition) is 4. The van der Waals surface area contributed by atoms with E-state index < -0.39 is 0 Å². The normalized spacial score (nSPS) is 18.2. The molecule has 1 N–H and O–H groups in total. The maximum Gasteiger partial charge on any atom is 0.258 e. The van der Waals surface area contributed by atoms with Crippen molar-refractivity contribution in [2.24, 2.45) is 0 Å². The van der Waals surface area contributed by atoms with Crippen molar-refractivity contribution in [3.05, 3.63) is 42.2 Å². The van der Waals surface area contributed by atoms with Crippen molar-refractivity contribution >= 4 is 17.3 Å². The monoisotopic (exact) mass is 342 g/mol. The summed E-state index contributed by atoms with van der Waals surface area (Å²) in [6, 6.07) is 8.30. The van der Waals surface area contributed by atoms with Crippen LogP contribution in [0, 0.1) is 0 Å². The lowest BCUT2D eigenvalue weighted by molar-refractivity contribution is 0.0989. The fourth-order valence-electron chi connectivity index (χ4n) is 2.86. The molecule has 0 bridgehead atoms. The third kappa shape index (κ3) is 4.02. The van der Waals surface area contributed by atoms with Crippen LogP contribution in [0.2, 0.25) is 0 Å². The van der Waals surface area contributed by atoms with Crippen LogP contribution < -0.4 is 10.2 Å². The van der Waals surface area contributed by atoms with Crippen LogP contribution in [0.4, 0.5) is 11.4 Å². The number of hydrogen-bond donors (Lipinski definition) is 1. The molecule has 1 atom stereocenters. The van der Waals surface area contributed by atoms with Crippen LogP contribution in [0.1, 0.15) is 38.1 Å². The van der Waals surface area contributed by atoms with Crippen LogP contribution in [-0.2, 0) is 10.3 Å². The van der Waals surface area contributed by atoms with Crippen LogP contribution in [0.3, 0.4) is 0 Å². The Morgan fingerprint density at radius 1 is 1.28 bits per heavy atom. The molecule has 1 aromatic heterocycles. The molecule has 25 heavy (non-hydrogen) atoms. The number of anilines is 2. The number of amides is 1. The van der Waals surface area contributed by atoms with E-state index in [0.717, 1.165) is 31.1 Å². The average molecular weight is 342 g/mol. The van der Waals surface area contributed by atoms with Crippen molar-refractivity contribution in [1.82, 2.24) is 9.78 Å². The fraction of sp³-hybridized carbons (Fsp3) is 0.474. The first-order valence-corrected chi connectivity index (χ1v) is 8.65. The van der Waals surface area contributed by atoms with E-state index in [1.54, 1.807) is 17.1 Å². The summed E-state index contributed by atoms with van der Waals surface area (Å²) in [5.41, 5.74) is 2.34. The molecule has 0 saturated carbocycles. The third-order valence-electron chi connectivity index (χ3n) is 4.36. The van der Waals surface area contributed by atoms with Crippen LogP contribution in [0.5, 0.6) is 0 Å². The Labute approximate surface area is 148 Å². The Morgan fingerprint density at radius 2 is 2.00 bits per heavy atom. The first-order chi connectivity index (χ1) is 11.8. The molecule has 6 nitrogen and oxygen atoms in total. The van der Waals surface area contributed by atoms with E-state index in [4.69, 9.17) is 4.74 Å². The van der Waals surface area contributed by atoms with Crippen molar-refractivity contribution in [2.75, 3.05) is 30.0 Å². The minimum Gasteiger partial charge on any atom is -0.377 e. The second-order valence-electron chi connectivity index (χ2n) is 7.46. The van der Waals surface area contributed by atoms with Crippen molar-refractivity contribution in [3.8, 4) is 0 Å². The first kappa shape index (κ1) is 17.5. The molecule has 1 aliphatic rings. The molecule has 1 fully saturated rings. The van der Waals surface area contributed by atoms with Gasteiger partial charge in [-0.25, -0.2) is 0 Å². The summed E-state index contributed by atoms with van der Waals surface area (Å²) in [5, 5.41) is 7.20. The van der Waals surface area contributed by atoms with Gasteiger partial charge in [-0.15, -0.1) is 0 Å². The maximum atomic E-state index is 12.4. The predicted molar refractivity (Wildman–Crippen MR) is 99.2 cm³/mol. The largest absolute Gasteiger partial charge is 0.377 e. The Hall–Kier alpha value is -2.34. The van der Waals surface area contributed by atoms with Gasteiger partial charge in [-0.1, -0.05) is 0 Å². The number of nitrogens with one attached hydrogen (secondary N) is 1. The molecule has 2 heterocycles. The summed E-state index contributed by atoms with van der Waals surface area (Å²) in [5.74, 6) is -0.150. The van der Waals surface area contributed by atoms with Crippen LogP contribution >= 0.6 is 0 Å². The summed E-state index contributed by atoms with van der Waals surface area (Å²) in [4.78, 5) is 14.7. The van der Waals surface area contributed by atoms with E-state index in [9.17, 15) is 4.79 Å². The molecule has 1 unspecified atom stereocenters. The molecule has 0 spiro atoms. The Kier molecular flexibility index (Phi) is 4.81. The number of carbonyl (C=O) groups excluding carboxylic acids is 1. The summed E-state index contributed by atoms with van der Waals surface area (Å²) >= 11 is 0. The molecule has 134 valence electrons. The molecule has 0 radical (unpaired) electrons. The predicted octanol–water partition coefficient (Wildman–Crippen LogP) is 3.12. The Morgan fingerprint density at radius 3 is 2.60 bits per heavy atom. The van der Waals surface area contributed by atoms with Gasteiger partial charge in [-0.05, 0) is 52.0 Å². The highest BCUT2D eigenvalue weighted by Crippen LogP contribution is 2.22.